The maximum absolute atomic E-state index is 12.0. The van der Waals surface area contributed by atoms with E-state index >= 15 is 0 Å². The van der Waals surface area contributed by atoms with Crippen molar-refractivity contribution in [3.05, 3.63) is 0 Å². The fourth-order valence-corrected chi connectivity index (χ4v) is 3.09. The Balaban J connectivity index is 2.13. The van der Waals surface area contributed by atoms with Crippen LogP contribution in [0.1, 0.15) is 90.4 Å². The molecule has 0 bridgehead atoms. The molecule has 1 saturated carbocycles. The normalized spacial score (nSPS) is 23.3. The van der Waals surface area contributed by atoms with Gasteiger partial charge in [0.05, 0.1) is 6.07 Å². The van der Waals surface area contributed by atoms with Gasteiger partial charge in [0.15, 0.2) is 5.78 Å². The number of rotatable bonds is 9. The van der Waals surface area contributed by atoms with Crippen molar-refractivity contribution < 1.29 is 4.79 Å². The molecule has 2 nitrogen and oxygen atoms in total. The quantitative estimate of drug-likeness (QED) is 0.538. The molecule has 0 aliphatic heterocycles. The van der Waals surface area contributed by atoms with E-state index in [-0.39, 0.29) is 5.78 Å². The fraction of sp³-hybridized carbons (Fsp3) is 0.882. The Morgan fingerprint density at radius 1 is 1.05 bits per heavy atom. The monoisotopic (exact) mass is 263 g/mol. The zero-order chi connectivity index (χ0) is 14.0. The van der Waals surface area contributed by atoms with Crippen molar-refractivity contribution in [2.75, 3.05) is 0 Å². The van der Waals surface area contributed by atoms with Crippen molar-refractivity contribution in [1.82, 2.24) is 0 Å². The summed E-state index contributed by atoms with van der Waals surface area (Å²) in [7, 11) is 0. The molecule has 1 aliphatic carbocycles. The van der Waals surface area contributed by atoms with E-state index < -0.39 is 5.41 Å². The van der Waals surface area contributed by atoms with E-state index in [0.717, 1.165) is 32.1 Å². The van der Waals surface area contributed by atoms with Crippen LogP contribution in [0.2, 0.25) is 0 Å². The van der Waals surface area contributed by atoms with Gasteiger partial charge in [-0.05, 0) is 19.3 Å². The maximum Gasteiger partial charge on any atom is 0.153 e. The molecule has 1 atom stereocenters. The van der Waals surface area contributed by atoms with Crippen LogP contribution in [0, 0.1) is 16.7 Å². The first-order valence-corrected chi connectivity index (χ1v) is 8.20. The number of carbonyl (C=O) groups excluding carboxylic acids is 1. The highest BCUT2D eigenvalue weighted by atomic mass is 16.1. The molecule has 0 aromatic heterocycles. The van der Waals surface area contributed by atoms with Crippen LogP contribution in [0.3, 0.4) is 0 Å². The molecule has 0 aromatic carbocycles. The third-order valence-electron chi connectivity index (χ3n) is 4.46. The maximum atomic E-state index is 12.0. The Kier molecular flexibility index (Phi) is 7.79. The zero-order valence-electron chi connectivity index (χ0n) is 12.5. The van der Waals surface area contributed by atoms with E-state index in [4.69, 9.17) is 0 Å². The molecule has 1 aliphatic rings. The third-order valence-corrected chi connectivity index (χ3v) is 4.46. The number of nitriles is 1. The fourth-order valence-electron chi connectivity index (χ4n) is 3.09. The highest BCUT2D eigenvalue weighted by Crippen LogP contribution is 2.37. The number of nitrogens with zero attached hydrogens (tertiary/aromatic N) is 1. The van der Waals surface area contributed by atoms with Crippen LogP contribution in [-0.2, 0) is 4.79 Å². The molecule has 0 N–H and O–H groups in total. The van der Waals surface area contributed by atoms with Crippen LogP contribution in [-0.4, -0.2) is 5.78 Å². The first kappa shape index (κ1) is 16.2. The summed E-state index contributed by atoms with van der Waals surface area (Å²) in [6.45, 7) is 2.24. The van der Waals surface area contributed by atoms with Crippen molar-refractivity contribution >= 4 is 5.78 Å². The highest BCUT2D eigenvalue weighted by molar-refractivity contribution is 5.88. The number of carbonyl (C=O) groups is 1. The van der Waals surface area contributed by atoms with E-state index in [2.05, 4.69) is 13.0 Å². The Morgan fingerprint density at radius 2 is 1.68 bits per heavy atom. The summed E-state index contributed by atoms with van der Waals surface area (Å²) in [6, 6.07) is 2.34. The average molecular weight is 263 g/mol. The average Bonchev–Trinajstić information content (AvgIpc) is 2.44. The van der Waals surface area contributed by atoms with E-state index in [1.54, 1.807) is 0 Å². The predicted octanol–water partition coefficient (Wildman–Crippen LogP) is 5.17. The van der Waals surface area contributed by atoms with Gasteiger partial charge in [0.2, 0.25) is 0 Å². The zero-order valence-corrected chi connectivity index (χ0v) is 12.5. The first-order valence-electron chi connectivity index (χ1n) is 8.20. The lowest BCUT2D eigenvalue weighted by Crippen LogP contribution is -2.32. The van der Waals surface area contributed by atoms with Gasteiger partial charge in [-0.25, -0.2) is 0 Å². The van der Waals surface area contributed by atoms with Crippen molar-refractivity contribution in [3.63, 3.8) is 0 Å². The standard InChI is InChI=1S/C17H29NO/c1-2-3-4-5-6-7-8-10-13-17(15-18)14-11-9-12-16(17)19/h2-14H2,1H3. The van der Waals surface area contributed by atoms with Crippen LogP contribution >= 0.6 is 0 Å². The molecule has 2 heteroatoms. The molecule has 0 aromatic rings. The summed E-state index contributed by atoms with van der Waals surface area (Å²) in [5, 5.41) is 9.34. The minimum absolute atomic E-state index is 0.212. The number of hydrogen-bond acceptors (Lipinski definition) is 2. The second-order valence-electron chi connectivity index (χ2n) is 6.05. The van der Waals surface area contributed by atoms with Gasteiger partial charge in [-0.15, -0.1) is 0 Å². The van der Waals surface area contributed by atoms with Gasteiger partial charge in [-0.2, -0.15) is 5.26 Å². The van der Waals surface area contributed by atoms with Gasteiger partial charge in [0.1, 0.15) is 5.41 Å². The number of unbranched alkanes of at least 4 members (excludes halogenated alkanes) is 7. The Hall–Kier alpha value is -0.840. The van der Waals surface area contributed by atoms with E-state index in [0.29, 0.717) is 6.42 Å². The second kappa shape index (κ2) is 9.13. The van der Waals surface area contributed by atoms with Gasteiger partial charge in [-0.3, -0.25) is 4.79 Å². The highest BCUT2D eigenvalue weighted by Gasteiger charge is 2.39. The summed E-state index contributed by atoms with van der Waals surface area (Å²) in [5.74, 6) is 0.212. The number of Topliss-reactive ketones (excluding diaryl/α,β-unsaturated/α-hetero) is 1. The summed E-state index contributed by atoms with van der Waals surface area (Å²) in [5.41, 5.74) is -0.611. The molecule has 19 heavy (non-hydrogen) atoms. The van der Waals surface area contributed by atoms with Crippen molar-refractivity contribution in [1.29, 1.82) is 5.26 Å². The lowest BCUT2D eigenvalue weighted by atomic mass is 9.71. The molecule has 1 unspecified atom stereocenters. The van der Waals surface area contributed by atoms with E-state index in [1.807, 2.05) is 0 Å². The third kappa shape index (κ3) is 5.35. The van der Waals surface area contributed by atoms with Crippen LogP contribution in [0.15, 0.2) is 0 Å². The SMILES string of the molecule is CCCCCCCCCCC1(C#N)CCCCC1=O. The summed E-state index contributed by atoms with van der Waals surface area (Å²) >= 11 is 0. The molecule has 0 spiro atoms. The van der Waals surface area contributed by atoms with Gasteiger partial charge in [0, 0.05) is 6.42 Å². The van der Waals surface area contributed by atoms with Gasteiger partial charge < -0.3 is 0 Å². The largest absolute Gasteiger partial charge is 0.298 e. The first-order chi connectivity index (χ1) is 9.25. The molecule has 0 saturated heterocycles. The van der Waals surface area contributed by atoms with Crippen molar-refractivity contribution in [2.24, 2.45) is 5.41 Å². The Morgan fingerprint density at radius 3 is 2.26 bits per heavy atom. The second-order valence-corrected chi connectivity index (χ2v) is 6.05. The molecular formula is C17H29NO. The van der Waals surface area contributed by atoms with Crippen LogP contribution < -0.4 is 0 Å². The molecule has 0 heterocycles. The van der Waals surface area contributed by atoms with Gasteiger partial charge in [-0.1, -0.05) is 64.7 Å². The van der Waals surface area contributed by atoms with E-state index in [9.17, 15) is 10.1 Å². The molecule has 1 rings (SSSR count). The molecular weight excluding hydrogens is 234 g/mol. The predicted molar refractivity (Wildman–Crippen MR) is 78.7 cm³/mol. The minimum Gasteiger partial charge on any atom is -0.298 e. The smallest absolute Gasteiger partial charge is 0.153 e. The topological polar surface area (TPSA) is 40.9 Å². The number of ketones is 1. The van der Waals surface area contributed by atoms with Crippen LogP contribution in [0.4, 0.5) is 0 Å². The number of hydrogen-bond donors (Lipinski definition) is 0. The molecule has 1 fully saturated rings. The lowest BCUT2D eigenvalue weighted by Gasteiger charge is -2.29. The van der Waals surface area contributed by atoms with Gasteiger partial charge in [0.25, 0.3) is 0 Å². The summed E-state index contributed by atoms with van der Waals surface area (Å²) in [6.07, 6.45) is 14.4. The van der Waals surface area contributed by atoms with Crippen LogP contribution in [0.25, 0.3) is 0 Å². The van der Waals surface area contributed by atoms with Crippen molar-refractivity contribution in [2.45, 2.75) is 90.4 Å². The summed E-state index contributed by atoms with van der Waals surface area (Å²) < 4.78 is 0. The minimum atomic E-state index is -0.611. The lowest BCUT2D eigenvalue weighted by molar-refractivity contribution is -0.128. The molecule has 108 valence electrons. The Bertz CT molecular complexity index is 305. The van der Waals surface area contributed by atoms with E-state index in [1.165, 1.54) is 44.9 Å². The van der Waals surface area contributed by atoms with Gasteiger partial charge >= 0.3 is 0 Å². The van der Waals surface area contributed by atoms with Crippen molar-refractivity contribution in [3.8, 4) is 6.07 Å². The molecule has 0 radical (unpaired) electrons. The summed E-state index contributed by atoms with van der Waals surface area (Å²) in [4.78, 5) is 12.0. The Labute approximate surface area is 118 Å². The molecule has 0 amide bonds. The van der Waals surface area contributed by atoms with Crippen LogP contribution in [0.5, 0.6) is 0 Å².